The molecule has 5 nitrogen and oxygen atoms in total. The number of carbonyl (C=O) groups is 2. The van der Waals surface area contributed by atoms with Crippen molar-refractivity contribution in [2.24, 2.45) is 0 Å². The summed E-state index contributed by atoms with van der Waals surface area (Å²) in [7, 11) is 0. The van der Waals surface area contributed by atoms with Gasteiger partial charge in [-0.05, 0) is 68.7 Å². The Labute approximate surface area is 168 Å². The molecule has 1 heterocycles. The van der Waals surface area contributed by atoms with Crippen LogP contribution in [-0.4, -0.2) is 18.0 Å². The van der Waals surface area contributed by atoms with Gasteiger partial charge in [-0.3, -0.25) is 9.59 Å². The number of benzene rings is 2. The van der Waals surface area contributed by atoms with Crippen LogP contribution >= 0.6 is 0 Å². The van der Waals surface area contributed by atoms with Gasteiger partial charge in [-0.25, -0.2) is 4.39 Å². The molecule has 3 aromatic rings. The van der Waals surface area contributed by atoms with Gasteiger partial charge in [-0.1, -0.05) is 12.1 Å². The van der Waals surface area contributed by atoms with Crippen molar-refractivity contribution in [3.63, 3.8) is 0 Å². The van der Waals surface area contributed by atoms with Gasteiger partial charge in [0.15, 0.2) is 6.10 Å². The largest absolute Gasteiger partial charge is 0.464 e. The first-order valence-corrected chi connectivity index (χ1v) is 9.47. The molecule has 29 heavy (non-hydrogen) atoms. The third kappa shape index (κ3) is 4.83. The molecular weight excluding hydrogens is 373 g/mol. The number of amides is 1. The number of fused-ring (bicyclic) bond motifs is 1. The average Bonchev–Trinajstić information content (AvgIpc) is 3.03. The maximum atomic E-state index is 13.0. The fourth-order valence-electron chi connectivity index (χ4n) is 3.09. The van der Waals surface area contributed by atoms with E-state index in [1.165, 1.54) is 19.1 Å². The second-order valence-electron chi connectivity index (χ2n) is 7.28. The van der Waals surface area contributed by atoms with Gasteiger partial charge in [-0.15, -0.1) is 0 Å². The minimum atomic E-state index is -0.951. The molecule has 1 amide bonds. The number of nitrogens with one attached hydrogen (secondary N) is 1. The van der Waals surface area contributed by atoms with Gasteiger partial charge in [0.1, 0.15) is 11.4 Å². The highest BCUT2D eigenvalue weighted by Gasteiger charge is 2.21. The smallest absolute Gasteiger partial charge is 0.311 e. The van der Waals surface area contributed by atoms with Gasteiger partial charge in [0, 0.05) is 10.9 Å². The number of halogens is 1. The first kappa shape index (κ1) is 20.6. The summed E-state index contributed by atoms with van der Waals surface area (Å²) < 4.78 is 23.9. The Bertz CT molecular complexity index is 1040. The molecule has 1 aromatic heterocycles. The van der Waals surface area contributed by atoms with Crippen LogP contribution in [0.3, 0.4) is 0 Å². The quantitative estimate of drug-likeness (QED) is 0.620. The van der Waals surface area contributed by atoms with Crippen molar-refractivity contribution >= 4 is 22.8 Å². The summed E-state index contributed by atoms with van der Waals surface area (Å²) in [5.41, 5.74) is 4.42. The van der Waals surface area contributed by atoms with Crippen molar-refractivity contribution < 1.29 is 23.1 Å². The van der Waals surface area contributed by atoms with Gasteiger partial charge in [0.2, 0.25) is 0 Å². The van der Waals surface area contributed by atoms with Gasteiger partial charge < -0.3 is 14.5 Å². The van der Waals surface area contributed by atoms with E-state index >= 15 is 0 Å². The Morgan fingerprint density at radius 1 is 1.10 bits per heavy atom. The molecule has 0 fully saturated rings. The fraction of sp³-hybridized carbons (Fsp3) is 0.304. The number of hydrogen-bond donors (Lipinski definition) is 1. The summed E-state index contributed by atoms with van der Waals surface area (Å²) >= 11 is 0. The topological polar surface area (TPSA) is 68.5 Å². The Hall–Kier alpha value is -3.15. The van der Waals surface area contributed by atoms with Crippen molar-refractivity contribution in [3.8, 4) is 0 Å². The fourth-order valence-corrected chi connectivity index (χ4v) is 3.09. The van der Waals surface area contributed by atoms with Crippen molar-refractivity contribution in [2.45, 2.75) is 46.3 Å². The van der Waals surface area contributed by atoms with Gasteiger partial charge in [0.05, 0.1) is 18.7 Å². The minimum absolute atomic E-state index is 0.0145. The van der Waals surface area contributed by atoms with Crippen LogP contribution < -0.4 is 5.32 Å². The molecule has 1 N–H and O–H groups in total. The summed E-state index contributed by atoms with van der Waals surface area (Å²) in [6.07, 6.45) is 0.611. The van der Waals surface area contributed by atoms with E-state index in [0.29, 0.717) is 0 Å². The van der Waals surface area contributed by atoms with E-state index in [1.807, 2.05) is 26.0 Å². The molecule has 2 aromatic carbocycles. The lowest BCUT2D eigenvalue weighted by Gasteiger charge is -2.18. The number of rotatable bonds is 6. The molecule has 2 atom stereocenters. The molecule has 0 radical (unpaired) electrons. The number of hydrogen-bond acceptors (Lipinski definition) is 4. The van der Waals surface area contributed by atoms with Crippen LogP contribution in [-0.2, 0) is 20.7 Å². The SMILES string of the molecule is Cc1cc2occ(CC(=O)O[C@H](C)C(=O)N[C@H](C)c3ccc(F)cc3)c2cc1C. The molecule has 0 spiro atoms. The third-order valence-corrected chi connectivity index (χ3v) is 5.01. The monoisotopic (exact) mass is 397 g/mol. The average molecular weight is 397 g/mol. The second-order valence-corrected chi connectivity index (χ2v) is 7.28. The van der Waals surface area contributed by atoms with Gasteiger partial charge in [0.25, 0.3) is 5.91 Å². The predicted octanol–water partition coefficient (Wildman–Crippen LogP) is 4.54. The van der Waals surface area contributed by atoms with Gasteiger partial charge in [-0.2, -0.15) is 0 Å². The minimum Gasteiger partial charge on any atom is -0.464 e. The van der Waals surface area contributed by atoms with E-state index in [-0.39, 0.29) is 18.3 Å². The first-order chi connectivity index (χ1) is 13.7. The number of aryl methyl sites for hydroxylation is 2. The number of carbonyl (C=O) groups excluding carboxylic acids is 2. The van der Waals surface area contributed by atoms with Crippen LogP contribution in [0.1, 0.15) is 42.1 Å². The van der Waals surface area contributed by atoms with E-state index < -0.39 is 18.0 Å². The molecule has 0 aliphatic heterocycles. The van der Waals surface area contributed by atoms with Crippen LogP contribution in [0.25, 0.3) is 11.0 Å². The molecule has 0 saturated heterocycles. The van der Waals surface area contributed by atoms with Crippen LogP contribution in [0, 0.1) is 19.7 Å². The molecule has 3 rings (SSSR count). The zero-order valence-corrected chi connectivity index (χ0v) is 16.9. The van der Waals surface area contributed by atoms with Crippen LogP contribution in [0.15, 0.2) is 47.1 Å². The predicted molar refractivity (Wildman–Crippen MR) is 108 cm³/mol. The summed E-state index contributed by atoms with van der Waals surface area (Å²) in [6.45, 7) is 7.30. The highest BCUT2D eigenvalue weighted by Crippen LogP contribution is 2.25. The Kier molecular flexibility index (Phi) is 6.01. The lowest BCUT2D eigenvalue weighted by molar-refractivity contribution is -0.154. The summed E-state index contributed by atoms with van der Waals surface area (Å²) in [6, 6.07) is 9.45. The van der Waals surface area contributed by atoms with E-state index in [0.717, 1.165) is 33.2 Å². The number of furan rings is 1. The maximum Gasteiger partial charge on any atom is 0.311 e. The lowest BCUT2D eigenvalue weighted by Crippen LogP contribution is -2.37. The Morgan fingerprint density at radius 2 is 1.76 bits per heavy atom. The van der Waals surface area contributed by atoms with Crippen molar-refractivity contribution in [2.75, 3.05) is 0 Å². The van der Waals surface area contributed by atoms with E-state index in [2.05, 4.69) is 5.32 Å². The van der Waals surface area contributed by atoms with E-state index in [9.17, 15) is 14.0 Å². The zero-order valence-electron chi connectivity index (χ0n) is 16.9. The molecule has 0 unspecified atom stereocenters. The maximum absolute atomic E-state index is 13.0. The molecular formula is C23H24FNO4. The third-order valence-electron chi connectivity index (χ3n) is 5.01. The normalized spacial score (nSPS) is 13.1. The number of esters is 1. The molecule has 152 valence electrons. The summed E-state index contributed by atoms with van der Waals surface area (Å²) in [5.74, 6) is -1.27. The first-order valence-electron chi connectivity index (χ1n) is 9.47. The highest BCUT2D eigenvalue weighted by molar-refractivity contribution is 5.88. The van der Waals surface area contributed by atoms with Gasteiger partial charge >= 0.3 is 5.97 Å². The van der Waals surface area contributed by atoms with E-state index in [1.54, 1.807) is 25.3 Å². The standard InChI is InChI=1S/C23H24FNO4/c1-13-9-20-18(12-28-21(20)10-14(13)2)11-22(26)29-16(4)23(27)25-15(3)17-5-7-19(24)8-6-17/h5-10,12,15-16H,11H2,1-4H3,(H,25,27)/t15-,16-/m1/s1. The Balaban J connectivity index is 1.59. The van der Waals surface area contributed by atoms with Crippen LogP contribution in [0.2, 0.25) is 0 Å². The van der Waals surface area contributed by atoms with Crippen molar-refractivity contribution in [3.05, 3.63) is 70.7 Å². The van der Waals surface area contributed by atoms with Crippen molar-refractivity contribution in [1.29, 1.82) is 0 Å². The molecule has 6 heteroatoms. The number of ether oxygens (including phenoxy) is 1. The van der Waals surface area contributed by atoms with Crippen LogP contribution in [0.4, 0.5) is 4.39 Å². The molecule has 0 aliphatic rings. The summed E-state index contributed by atoms with van der Waals surface area (Å²) in [4.78, 5) is 24.7. The zero-order chi connectivity index (χ0) is 21.1. The van der Waals surface area contributed by atoms with E-state index in [4.69, 9.17) is 9.15 Å². The second kappa shape index (κ2) is 8.47. The lowest BCUT2D eigenvalue weighted by atomic mass is 10.0. The molecule has 0 bridgehead atoms. The van der Waals surface area contributed by atoms with Crippen molar-refractivity contribution in [1.82, 2.24) is 5.32 Å². The Morgan fingerprint density at radius 3 is 2.45 bits per heavy atom. The summed E-state index contributed by atoms with van der Waals surface area (Å²) in [5, 5.41) is 3.63. The molecule has 0 aliphatic carbocycles. The highest BCUT2D eigenvalue weighted by atomic mass is 19.1. The molecule has 0 saturated carbocycles. The van der Waals surface area contributed by atoms with Crippen LogP contribution in [0.5, 0.6) is 0 Å².